The summed E-state index contributed by atoms with van der Waals surface area (Å²) < 4.78 is 14.1. The van der Waals surface area contributed by atoms with Gasteiger partial charge in [-0.15, -0.1) is 29.8 Å². The molecule has 1 fully saturated rings. The molecule has 6 heteroatoms. The Kier molecular flexibility index (Phi) is 7.97. The number of quaternary nitrogens is 2. The van der Waals surface area contributed by atoms with Crippen molar-refractivity contribution < 1.29 is 30.5 Å². The van der Waals surface area contributed by atoms with Crippen molar-refractivity contribution >= 4 is 17.1 Å². The van der Waals surface area contributed by atoms with E-state index in [2.05, 4.69) is 123 Å². The van der Waals surface area contributed by atoms with Gasteiger partial charge in [0.05, 0.1) is 13.7 Å². The third-order valence-corrected chi connectivity index (χ3v) is 8.69. The zero-order valence-corrected chi connectivity index (χ0v) is 29.9. The van der Waals surface area contributed by atoms with Crippen LogP contribution >= 0.6 is 0 Å². The van der Waals surface area contributed by atoms with E-state index in [0.29, 0.717) is 27.6 Å². The molecule has 1 saturated heterocycles. The van der Waals surface area contributed by atoms with E-state index in [4.69, 9.17) is 9.47 Å². The predicted octanol–water partition coefficient (Wildman–Crippen LogP) is 9.84. The van der Waals surface area contributed by atoms with Crippen molar-refractivity contribution in [3.05, 3.63) is 102 Å². The summed E-state index contributed by atoms with van der Waals surface area (Å²) >= 11 is 0. The average molecular weight is 770 g/mol. The maximum absolute atomic E-state index is 6.48. The molecule has 0 radical (unpaired) electrons. The first kappa shape index (κ1) is 32.4. The Hall–Kier alpha value is -2.98. The van der Waals surface area contributed by atoms with Gasteiger partial charge >= 0.3 is 0 Å². The van der Waals surface area contributed by atoms with Crippen LogP contribution in [0, 0.1) is 18.8 Å². The third kappa shape index (κ3) is 5.87. The van der Waals surface area contributed by atoms with E-state index >= 15 is 0 Å². The van der Waals surface area contributed by atoms with Crippen molar-refractivity contribution in [2.24, 2.45) is 0 Å². The smallest absolute Gasteiger partial charge is 0.216 e. The Morgan fingerprint density at radius 3 is 1.93 bits per heavy atom. The van der Waals surface area contributed by atoms with Crippen molar-refractivity contribution in [3.8, 4) is 23.1 Å². The molecule has 3 aliphatic heterocycles. The van der Waals surface area contributed by atoms with Crippen molar-refractivity contribution in [1.82, 2.24) is 14.0 Å². The maximum atomic E-state index is 6.48. The van der Waals surface area contributed by atoms with Gasteiger partial charge in [0.25, 0.3) is 0 Å². The molecule has 234 valence electrons. The van der Waals surface area contributed by atoms with Gasteiger partial charge in [0, 0.05) is 68.4 Å². The van der Waals surface area contributed by atoms with Gasteiger partial charge in [0.15, 0.2) is 18.0 Å². The predicted molar refractivity (Wildman–Crippen MR) is 176 cm³/mol. The third-order valence-electron chi connectivity index (χ3n) is 8.69. The van der Waals surface area contributed by atoms with Crippen molar-refractivity contribution in [3.63, 3.8) is 0 Å². The van der Waals surface area contributed by atoms with Gasteiger partial charge in [0.2, 0.25) is 5.88 Å². The molecule has 0 amide bonds. The summed E-state index contributed by atoms with van der Waals surface area (Å²) in [5, 5.41) is 0. The van der Waals surface area contributed by atoms with Crippen LogP contribution in [0.1, 0.15) is 79.0 Å². The standard InChI is InChI=1S/C38H44N3O2.Pt/c1-36(2,3)26-14-15-33-34(20-26)41(24-40(33,10)25-41)29-18-28(38(7,8)9)19-32(22-29)42-30-12-11-13-31(23-30)43-35-21-27(16-17-39-35)37(4,5)6;/h11-21,24H,25H2,1-10H3;/q-1;/t40-,41+;/m0./s1. The topological polar surface area (TPSA) is 31.4 Å². The quantitative estimate of drug-likeness (QED) is 0.150. The van der Waals surface area contributed by atoms with Crippen LogP contribution in [0.4, 0.5) is 17.1 Å². The van der Waals surface area contributed by atoms with Crippen LogP contribution in [0.15, 0.2) is 66.9 Å². The molecule has 2 bridgehead atoms. The summed E-state index contributed by atoms with van der Waals surface area (Å²) in [6.07, 6.45) is 1.79. The zero-order chi connectivity index (χ0) is 31.0. The van der Waals surface area contributed by atoms with E-state index in [0.717, 1.165) is 22.4 Å². The number of benzene rings is 3. The van der Waals surface area contributed by atoms with Crippen molar-refractivity contribution in [2.45, 2.75) is 78.6 Å². The molecule has 4 aromatic rings. The first-order valence-corrected chi connectivity index (χ1v) is 15.2. The maximum Gasteiger partial charge on any atom is 0.216 e. The molecule has 1 aromatic heterocycles. The van der Waals surface area contributed by atoms with Crippen LogP contribution in [0.5, 0.6) is 23.1 Å². The van der Waals surface area contributed by atoms with Crippen LogP contribution in [-0.4, -0.2) is 18.7 Å². The summed E-state index contributed by atoms with van der Waals surface area (Å²) in [4.78, 5) is 4.42. The minimum absolute atomic E-state index is 0. The fraction of sp³-hybridized carbons (Fsp3) is 0.368. The zero-order valence-electron chi connectivity index (χ0n) is 27.6. The summed E-state index contributed by atoms with van der Waals surface area (Å²) in [5.74, 6) is 2.34. The van der Waals surface area contributed by atoms with Crippen LogP contribution in [-0.2, 0) is 37.3 Å². The number of rotatable bonds is 5. The second-order valence-corrected chi connectivity index (χ2v) is 15.4. The van der Waals surface area contributed by atoms with Crippen LogP contribution in [0.3, 0.4) is 0 Å². The van der Waals surface area contributed by atoms with E-state index in [9.17, 15) is 0 Å². The molecule has 4 heterocycles. The summed E-state index contributed by atoms with van der Waals surface area (Å²) in [7, 11) is 2.29. The minimum Gasteiger partial charge on any atom is -0.509 e. The van der Waals surface area contributed by atoms with E-state index in [1.165, 1.54) is 22.5 Å². The largest absolute Gasteiger partial charge is 0.509 e. The number of ether oxygens (including phenoxy) is 2. The SMILES string of the molecule is CC(C)(C)c1cc(Oc2[c-]c(Oc3cc(C(C)(C)C)ccn3)ccc2)[c-]c([N@@+]23[CH-][N@@+](C)(C2)c2ccc(C(C)(C)C)cc23)c1.[Pt]. The monoisotopic (exact) mass is 769 g/mol. The van der Waals surface area contributed by atoms with E-state index in [1.807, 2.05) is 30.3 Å². The van der Waals surface area contributed by atoms with Gasteiger partial charge in [-0.05, 0) is 33.4 Å². The van der Waals surface area contributed by atoms with Gasteiger partial charge in [-0.3, -0.25) is 0 Å². The number of nitrogens with zero attached hydrogens (tertiary/aromatic N) is 3. The Morgan fingerprint density at radius 2 is 1.30 bits per heavy atom. The molecule has 0 aliphatic carbocycles. The Morgan fingerprint density at radius 1 is 0.682 bits per heavy atom. The molecular formula is C38H44N3O2Pt-. The first-order chi connectivity index (χ1) is 20.0. The second kappa shape index (κ2) is 10.8. The molecule has 0 N–H and O–H groups in total. The normalized spacial score (nSPS) is 20.8. The van der Waals surface area contributed by atoms with E-state index < -0.39 is 0 Å². The molecule has 44 heavy (non-hydrogen) atoms. The van der Waals surface area contributed by atoms with Crippen LogP contribution in [0.2, 0.25) is 0 Å². The number of pyridine rings is 1. The molecule has 3 aliphatic rings. The summed E-state index contributed by atoms with van der Waals surface area (Å²) in [5.41, 5.74) is 7.48. The molecule has 0 saturated carbocycles. The minimum atomic E-state index is -0.0719. The van der Waals surface area contributed by atoms with Gasteiger partial charge in [0.1, 0.15) is 0 Å². The van der Waals surface area contributed by atoms with Crippen LogP contribution in [0.25, 0.3) is 0 Å². The fourth-order valence-electron chi connectivity index (χ4n) is 6.10. The van der Waals surface area contributed by atoms with Crippen molar-refractivity contribution in [1.29, 1.82) is 0 Å². The summed E-state index contributed by atoms with van der Waals surface area (Å²) in [6.45, 7) is 23.4. The van der Waals surface area contributed by atoms with Gasteiger partial charge in [-0.25, -0.2) is 4.98 Å². The fourth-order valence-corrected chi connectivity index (χ4v) is 6.10. The van der Waals surface area contributed by atoms with Gasteiger partial charge < -0.3 is 18.4 Å². The van der Waals surface area contributed by atoms with Gasteiger partial charge in [-0.2, -0.15) is 6.07 Å². The molecular weight excluding hydrogens is 726 g/mol. The number of aromatic nitrogens is 1. The van der Waals surface area contributed by atoms with Crippen LogP contribution < -0.4 is 18.4 Å². The van der Waals surface area contributed by atoms with E-state index in [-0.39, 0.29) is 37.3 Å². The molecule has 3 aromatic carbocycles. The average Bonchev–Trinajstić information content (AvgIpc) is 3.30. The second-order valence-electron chi connectivity index (χ2n) is 15.4. The molecule has 0 unspecified atom stereocenters. The Balaban J connectivity index is 0.00000384. The van der Waals surface area contributed by atoms with Gasteiger partial charge in [-0.1, -0.05) is 80.5 Å². The first-order valence-electron chi connectivity index (χ1n) is 15.2. The number of hydrogen-bond acceptors (Lipinski definition) is 3. The summed E-state index contributed by atoms with van der Waals surface area (Å²) in [6, 6.07) is 28.1. The molecule has 5 nitrogen and oxygen atoms in total. The number of hydrogen-bond donors (Lipinski definition) is 0. The molecule has 2 atom stereocenters. The molecule has 7 rings (SSSR count). The Labute approximate surface area is 278 Å². The van der Waals surface area contributed by atoms with E-state index in [1.54, 1.807) is 6.20 Å². The van der Waals surface area contributed by atoms with Crippen molar-refractivity contribution in [2.75, 3.05) is 13.7 Å². The Bertz CT molecular complexity index is 1700. The molecule has 0 spiro atoms.